The highest BCUT2D eigenvalue weighted by Gasteiger charge is 2.22. The Kier molecular flexibility index (Phi) is 5.75. The second-order valence-corrected chi connectivity index (χ2v) is 6.04. The second kappa shape index (κ2) is 8.39. The molecule has 0 bridgehead atoms. The lowest BCUT2D eigenvalue weighted by Crippen LogP contribution is -2.28. The number of carbonyl (C=O) groups excluding carboxylic acids is 2. The lowest BCUT2D eigenvalue weighted by atomic mass is 10.2. The van der Waals surface area contributed by atoms with Crippen LogP contribution in [-0.4, -0.2) is 48.7 Å². The minimum atomic E-state index is -0.377. The van der Waals surface area contributed by atoms with Gasteiger partial charge in [0.05, 0.1) is 25.5 Å². The fourth-order valence-corrected chi connectivity index (χ4v) is 2.58. The molecule has 1 aromatic carbocycles. The van der Waals surface area contributed by atoms with Gasteiger partial charge >= 0.3 is 6.09 Å². The van der Waals surface area contributed by atoms with Gasteiger partial charge in [-0.15, -0.1) is 0 Å². The quantitative estimate of drug-likeness (QED) is 0.805. The van der Waals surface area contributed by atoms with Crippen LogP contribution in [0.15, 0.2) is 36.5 Å². The summed E-state index contributed by atoms with van der Waals surface area (Å²) in [6.45, 7) is 3.18. The van der Waals surface area contributed by atoms with Crippen LogP contribution in [0, 0.1) is 6.92 Å². The molecule has 0 unspecified atom stereocenters. The number of hydrogen-bond donors (Lipinski definition) is 1. The zero-order valence-electron chi connectivity index (χ0n) is 15.2. The summed E-state index contributed by atoms with van der Waals surface area (Å²) in [6, 6.07) is 8.97. The van der Waals surface area contributed by atoms with Crippen molar-refractivity contribution in [2.24, 2.45) is 0 Å². The number of amides is 2. The number of aryl methyl sites for hydroxylation is 1. The van der Waals surface area contributed by atoms with Crippen molar-refractivity contribution in [3.63, 3.8) is 0 Å². The summed E-state index contributed by atoms with van der Waals surface area (Å²) in [6.07, 6.45) is 1.32. The van der Waals surface area contributed by atoms with Gasteiger partial charge < -0.3 is 24.4 Å². The number of hydrogen-bond acceptors (Lipinski definition) is 6. The van der Waals surface area contributed by atoms with E-state index in [2.05, 4.69) is 10.3 Å². The van der Waals surface area contributed by atoms with E-state index in [1.807, 2.05) is 25.1 Å². The molecule has 2 heterocycles. The Balaban J connectivity index is 1.54. The van der Waals surface area contributed by atoms with Gasteiger partial charge in [-0.05, 0) is 30.7 Å². The number of methoxy groups -OCH3 is 1. The molecule has 8 heteroatoms. The lowest BCUT2D eigenvalue weighted by Gasteiger charge is -2.12. The van der Waals surface area contributed by atoms with Crippen LogP contribution < -0.4 is 14.8 Å². The Morgan fingerprint density at radius 2 is 2.15 bits per heavy atom. The molecule has 0 atom stereocenters. The largest absolute Gasteiger partial charge is 0.493 e. The molecule has 0 saturated carbocycles. The summed E-state index contributed by atoms with van der Waals surface area (Å²) in [5.41, 5.74) is 1.61. The molecule has 8 nitrogen and oxygen atoms in total. The van der Waals surface area contributed by atoms with Gasteiger partial charge in [0.25, 0.3) is 0 Å². The first-order valence-electron chi connectivity index (χ1n) is 8.55. The first-order chi connectivity index (χ1) is 13.0. The number of rotatable bonds is 7. The van der Waals surface area contributed by atoms with E-state index < -0.39 is 0 Å². The van der Waals surface area contributed by atoms with Crippen molar-refractivity contribution in [1.29, 1.82) is 0 Å². The van der Waals surface area contributed by atoms with Gasteiger partial charge in [-0.3, -0.25) is 4.79 Å². The van der Waals surface area contributed by atoms with Crippen LogP contribution in [0.25, 0.3) is 0 Å². The monoisotopic (exact) mass is 371 g/mol. The second-order valence-electron chi connectivity index (χ2n) is 6.04. The maximum atomic E-state index is 12.0. The average molecular weight is 371 g/mol. The van der Waals surface area contributed by atoms with Crippen molar-refractivity contribution in [2.75, 3.05) is 32.1 Å². The third-order valence-electron chi connectivity index (χ3n) is 4.01. The van der Waals surface area contributed by atoms with E-state index in [0.29, 0.717) is 42.8 Å². The third kappa shape index (κ3) is 4.87. The van der Waals surface area contributed by atoms with E-state index in [0.717, 1.165) is 5.56 Å². The minimum Gasteiger partial charge on any atom is -0.493 e. The highest BCUT2D eigenvalue weighted by Crippen LogP contribution is 2.31. The number of ether oxygens (including phenoxy) is 3. The number of benzene rings is 1. The molecule has 142 valence electrons. The van der Waals surface area contributed by atoms with Gasteiger partial charge in [0.15, 0.2) is 11.5 Å². The fraction of sp³-hybridized carbons (Fsp3) is 0.316. The van der Waals surface area contributed by atoms with Gasteiger partial charge in [-0.25, -0.2) is 9.78 Å². The zero-order valence-corrected chi connectivity index (χ0v) is 15.2. The lowest BCUT2D eigenvalue weighted by molar-refractivity contribution is -0.116. The molecule has 1 aliphatic heterocycles. The van der Waals surface area contributed by atoms with E-state index in [1.165, 1.54) is 11.1 Å². The van der Waals surface area contributed by atoms with Crippen LogP contribution in [0.2, 0.25) is 0 Å². The molecule has 1 saturated heterocycles. The molecule has 2 aromatic rings. The molecule has 1 aliphatic rings. The SMILES string of the molecule is COc1cc(C)ccc1Oc1ccc(NC(=O)CCN2CCOC2=O)cn1. The zero-order chi connectivity index (χ0) is 19.2. The number of carbonyl (C=O) groups is 2. The van der Waals surface area contributed by atoms with Crippen molar-refractivity contribution in [2.45, 2.75) is 13.3 Å². The summed E-state index contributed by atoms with van der Waals surface area (Å²) in [4.78, 5) is 29.0. The Morgan fingerprint density at radius 1 is 1.30 bits per heavy atom. The molecule has 1 aromatic heterocycles. The van der Waals surface area contributed by atoms with Crippen LogP contribution in [0.3, 0.4) is 0 Å². The standard InChI is InChI=1S/C19H21N3O5/c1-13-3-5-15(16(11-13)25-2)27-18-6-4-14(12-20-18)21-17(23)7-8-22-9-10-26-19(22)24/h3-6,11-12H,7-10H2,1-2H3,(H,21,23). The van der Waals surface area contributed by atoms with Gasteiger partial charge in [-0.1, -0.05) is 6.07 Å². The summed E-state index contributed by atoms with van der Waals surface area (Å²) >= 11 is 0. The highest BCUT2D eigenvalue weighted by molar-refractivity contribution is 5.90. The summed E-state index contributed by atoms with van der Waals surface area (Å²) in [5, 5.41) is 2.74. The number of cyclic esters (lactones) is 1. The van der Waals surface area contributed by atoms with Crippen LogP contribution in [0.4, 0.5) is 10.5 Å². The van der Waals surface area contributed by atoms with E-state index in [-0.39, 0.29) is 18.4 Å². The van der Waals surface area contributed by atoms with E-state index in [4.69, 9.17) is 14.2 Å². The van der Waals surface area contributed by atoms with Crippen LogP contribution in [0.1, 0.15) is 12.0 Å². The Morgan fingerprint density at radius 3 is 2.81 bits per heavy atom. The predicted molar refractivity (Wildman–Crippen MR) is 98.2 cm³/mol. The van der Waals surface area contributed by atoms with Crippen molar-refractivity contribution in [1.82, 2.24) is 9.88 Å². The van der Waals surface area contributed by atoms with E-state index in [9.17, 15) is 9.59 Å². The molecule has 0 aliphatic carbocycles. The molecule has 1 fully saturated rings. The number of pyridine rings is 1. The van der Waals surface area contributed by atoms with Gasteiger partial charge in [0, 0.05) is 19.0 Å². The Bertz CT molecular complexity index is 823. The average Bonchev–Trinajstić information content (AvgIpc) is 3.08. The normalized spacial score (nSPS) is 13.3. The third-order valence-corrected chi connectivity index (χ3v) is 4.01. The summed E-state index contributed by atoms with van der Waals surface area (Å²) < 4.78 is 15.9. The van der Waals surface area contributed by atoms with Crippen LogP contribution in [-0.2, 0) is 9.53 Å². The van der Waals surface area contributed by atoms with E-state index >= 15 is 0 Å². The van der Waals surface area contributed by atoms with Crippen LogP contribution >= 0.6 is 0 Å². The smallest absolute Gasteiger partial charge is 0.409 e. The number of nitrogens with zero attached hydrogens (tertiary/aromatic N) is 2. The molecule has 27 heavy (non-hydrogen) atoms. The Hall–Kier alpha value is -3.29. The van der Waals surface area contributed by atoms with Gasteiger partial charge in [0.2, 0.25) is 11.8 Å². The topological polar surface area (TPSA) is 90.0 Å². The summed E-state index contributed by atoms with van der Waals surface area (Å²) in [7, 11) is 1.58. The Labute approximate surface area is 157 Å². The highest BCUT2D eigenvalue weighted by atomic mass is 16.6. The first-order valence-corrected chi connectivity index (χ1v) is 8.55. The minimum absolute atomic E-state index is 0.188. The molecule has 0 radical (unpaired) electrons. The molecule has 0 spiro atoms. The molecular formula is C19H21N3O5. The maximum Gasteiger partial charge on any atom is 0.409 e. The predicted octanol–water partition coefficient (Wildman–Crippen LogP) is 2.97. The molecule has 1 N–H and O–H groups in total. The summed E-state index contributed by atoms with van der Waals surface area (Å²) in [5.74, 6) is 1.36. The maximum absolute atomic E-state index is 12.0. The van der Waals surface area contributed by atoms with Crippen molar-refractivity contribution in [3.8, 4) is 17.4 Å². The first kappa shape index (κ1) is 18.5. The van der Waals surface area contributed by atoms with Crippen molar-refractivity contribution in [3.05, 3.63) is 42.1 Å². The van der Waals surface area contributed by atoms with Crippen LogP contribution in [0.5, 0.6) is 17.4 Å². The van der Waals surface area contributed by atoms with Crippen molar-refractivity contribution >= 4 is 17.7 Å². The number of anilines is 1. The van der Waals surface area contributed by atoms with E-state index in [1.54, 1.807) is 19.2 Å². The molecule has 2 amide bonds. The molecule has 3 rings (SSSR count). The number of nitrogens with one attached hydrogen (secondary N) is 1. The van der Waals surface area contributed by atoms with Gasteiger partial charge in [0.1, 0.15) is 6.61 Å². The fourth-order valence-electron chi connectivity index (χ4n) is 2.58. The van der Waals surface area contributed by atoms with Gasteiger partial charge in [-0.2, -0.15) is 0 Å². The van der Waals surface area contributed by atoms with Crippen molar-refractivity contribution < 1.29 is 23.8 Å². The number of aromatic nitrogens is 1. The molecular weight excluding hydrogens is 350 g/mol.